The Morgan fingerprint density at radius 3 is 2.27 bits per heavy atom. The molecule has 0 aromatic heterocycles. The summed E-state index contributed by atoms with van der Waals surface area (Å²) in [4.78, 5) is 0. The highest BCUT2D eigenvalue weighted by Crippen LogP contribution is 2.51. The van der Waals surface area contributed by atoms with Crippen LogP contribution in [-0.2, 0) is 5.41 Å². The molecule has 2 rings (SSSR count). The zero-order valence-electron chi connectivity index (χ0n) is 8.76. The predicted molar refractivity (Wildman–Crippen MR) is 56.9 cm³/mol. The van der Waals surface area contributed by atoms with Crippen molar-refractivity contribution in [3.8, 4) is 0 Å². The molecule has 0 unspecified atom stereocenters. The molecule has 2 heteroatoms. The molecule has 80 valence electrons. The second-order valence-electron chi connectivity index (χ2n) is 4.22. The monoisotopic (exact) mass is 208 g/mol. The summed E-state index contributed by atoms with van der Waals surface area (Å²) in [6.45, 7) is 2.07. The van der Waals surface area contributed by atoms with Crippen molar-refractivity contribution in [3.05, 3.63) is 47.5 Å². The van der Waals surface area contributed by atoms with Crippen molar-refractivity contribution in [1.29, 1.82) is 0 Å². The molecule has 0 amide bonds. The summed E-state index contributed by atoms with van der Waals surface area (Å²) in [7, 11) is 0. The first kappa shape index (κ1) is 10.3. The molecule has 1 fully saturated rings. The third-order valence-corrected chi connectivity index (χ3v) is 3.43. The molecule has 1 aliphatic rings. The fourth-order valence-electron chi connectivity index (χ4n) is 2.35. The molecule has 15 heavy (non-hydrogen) atoms. The van der Waals surface area contributed by atoms with E-state index in [-0.39, 0.29) is 5.41 Å². The molecule has 1 aromatic carbocycles. The Labute approximate surface area is 88.6 Å². The van der Waals surface area contributed by atoms with Gasteiger partial charge in [0, 0.05) is 5.41 Å². The van der Waals surface area contributed by atoms with E-state index in [1.165, 1.54) is 5.56 Å². The van der Waals surface area contributed by atoms with E-state index in [9.17, 15) is 8.78 Å². The Bertz CT molecular complexity index is 367. The SMILES string of the molecule is CCC1(c2ccccc2)CC(=C(F)F)C1. The number of rotatable bonds is 2. The van der Waals surface area contributed by atoms with Gasteiger partial charge in [-0.15, -0.1) is 0 Å². The Balaban J connectivity index is 2.25. The van der Waals surface area contributed by atoms with Crippen molar-refractivity contribution in [2.45, 2.75) is 31.6 Å². The summed E-state index contributed by atoms with van der Waals surface area (Å²) < 4.78 is 24.7. The van der Waals surface area contributed by atoms with E-state index in [1.807, 2.05) is 30.3 Å². The summed E-state index contributed by atoms with van der Waals surface area (Å²) in [6, 6.07) is 9.98. The van der Waals surface area contributed by atoms with Crippen molar-refractivity contribution in [1.82, 2.24) is 0 Å². The van der Waals surface area contributed by atoms with Crippen molar-refractivity contribution < 1.29 is 8.78 Å². The molecule has 0 N–H and O–H groups in total. The predicted octanol–water partition coefficient (Wildman–Crippen LogP) is 4.28. The van der Waals surface area contributed by atoms with Gasteiger partial charge in [-0.25, -0.2) is 0 Å². The Hall–Kier alpha value is -1.18. The van der Waals surface area contributed by atoms with Crippen LogP contribution in [0.4, 0.5) is 8.78 Å². The van der Waals surface area contributed by atoms with Gasteiger partial charge in [0.1, 0.15) is 0 Å². The molecule has 1 aliphatic carbocycles. The standard InChI is InChI=1S/C13H14F2/c1-2-13(8-10(9-13)12(14)15)11-6-4-3-5-7-11/h3-7H,2,8-9H2,1H3. The normalized spacial score (nSPS) is 24.9. The zero-order valence-corrected chi connectivity index (χ0v) is 8.76. The Morgan fingerprint density at radius 1 is 1.20 bits per heavy atom. The minimum Gasteiger partial charge on any atom is -0.173 e. The molecule has 0 atom stereocenters. The van der Waals surface area contributed by atoms with Crippen molar-refractivity contribution in [2.24, 2.45) is 0 Å². The first-order chi connectivity index (χ1) is 7.18. The van der Waals surface area contributed by atoms with Crippen LogP contribution in [0.2, 0.25) is 0 Å². The van der Waals surface area contributed by atoms with E-state index in [4.69, 9.17) is 0 Å². The number of hydrogen-bond acceptors (Lipinski definition) is 0. The van der Waals surface area contributed by atoms with Gasteiger partial charge in [-0.1, -0.05) is 37.3 Å². The fourth-order valence-corrected chi connectivity index (χ4v) is 2.35. The number of hydrogen-bond donors (Lipinski definition) is 0. The summed E-state index contributed by atoms with van der Waals surface area (Å²) in [6.07, 6.45) is 0.495. The van der Waals surface area contributed by atoms with Gasteiger partial charge in [-0.2, -0.15) is 8.78 Å². The van der Waals surface area contributed by atoms with Crippen LogP contribution in [0.15, 0.2) is 42.0 Å². The second-order valence-corrected chi connectivity index (χ2v) is 4.22. The first-order valence-electron chi connectivity index (χ1n) is 5.26. The third-order valence-electron chi connectivity index (χ3n) is 3.43. The van der Waals surface area contributed by atoms with Crippen molar-refractivity contribution >= 4 is 0 Å². The zero-order chi connectivity index (χ0) is 10.9. The van der Waals surface area contributed by atoms with Crippen molar-refractivity contribution in [3.63, 3.8) is 0 Å². The van der Waals surface area contributed by atoms with Gasteiger partial charge in [0.05, 0.1) is 0 Å². The molecule has 0 nitrogen and oxygen atoms in total. The molecule has 1 aromatic rings. The van der Waals surface area contributed by atoms with Crippen LogP contribution in [0.1, 0.15) is 31.7 Å². The maximum Gasteiger partial charge on any atom is 0.269 e. The van der Waals surface area contributed by atoms with E-state index < -0.39 is 6.08 Å². The maximum absolute atomic E-state index is 12.4. The van der Waals surface area contributed by atoms with Gasteiger partial charge in [0.2, 0.25) is 0 Å². The molecule has 0 radical (unpaired) electrons. The Morgan fingerprint density at radius 2 is 1.80 bits per heavy atom. The lowest BCUT2D eigenvalue weighted by atomic mass is 9.60. The van der Waals surface area contributed by atoms with Crippen LogP contribution < -0.4 is 0 Å². The van der Waals surface area contributed by atoms with Gasteiger partial charge in [-0.05, 0) is 30.4 Å². The largest absolute Gasteiger partial charge is 0.269 e. The third kappa shape index (κ3) is 1.69. The highest BCUT2D eigenvalue weighted by Gasteiger charge is 2.42. The molecule has 0 spiro atoms. The van der Waals surface area contributed by atoms with Gasteiger partial charge in [0.15, 0.2) is 0 Å². The Kier molecular flexibility index (Phi) is 2.59. The van der Waals surface area contributed by atoms with Gasteiger partial charge in [0.25, 0.3) is 6.08 Å². The van der Waals surface area contributed by atoms with Crippen LogP contribution in [0.25, 0.3) is 0 Å². The number of allylic oxidation sites excluding steroid dienone is 1. The van der Waals surface area contributed by atoms with Gasteiger partial charge < -0.3 is 0 Å². The van der Waals surface area contributed by atoms with Crippen LogP contribution in [0.3, 0.4) is 0 Å². The van der Waals surface area contributed by atoms with E-state index in [2.05, 4.69) is 6.92 Å². The number of benzene rings is 1. The van der Waals surface area contributed by atoms with Crippen LogP contribution in [0, 0.1) is 0 Å². The van der Waals surface area contributed by atoms with Crippen LogP contribution >= 0.6 is 0 Å². The topological polar surface area (TPSA) is 0 Å². The second kappa shape index (κ2) is 3.76. The highest BCUT2D eigenvalue weighted by molar-refractivity contribution is 5.36. The first-order valence-corrected chi connectivity index (χ1v) is 5.26. The quantitative estimate of drug-likeness (QED) is 0.680. The molecule has 0 aliphatic heterocycles. The lowest BCUT2D eigenvalue weighted by Gasteiger charge is -2.43. The molecular weight excluding hydrogens is 194 g/mol. The smallest absolute Gasteiger partial charge is 0.173 e. The minimum absolute atomic E-state index is 0.0278. The van der Waals surface area contributed by atoms with E-state index >= 15 is 0 Å². The number of halogens is 2. The molecule has 1 saturated carbocycles. The molecule has 0 heterocycles. The minimum atomic E-state index is -1.48. The lowest BCUT2D eigenvalue weighted by Crippen LogP contribution is -2.35. The van der Waals surface area contributed by atoms with E-state index in [0.717, 1.165) is 6.42 Å². The van der Waals surface area contributed by atoms with Crippen LogP contribution in [0.5, 0.6) is 0 Å². The summed E-state index contributed by atoms with van der Waals surface area (Å²) >= 11 is 0. The molecule has 0 bridgehead atoms. The van der Waals surface area contributed by atoms with E-state index in [0.29, 0.717) is 18.4 Å². The lowest BCUT2D eigenvalue weighted by molar-refractivity contribution is 0.281. The van der Waals surface area contributed by atoms with Crippen LogP contribution in [-0.4, -0.2) is 0 Å². The average Bonchev–Trinajstić information content (AvgIpc) is 2.18. The summed E-state index contributed by atoms with van der Waals surface area (Å²) in [5, 5.41) is 0. The van der Waals surface area contributed by atoms with Crippen molar-refractivity contribution in [2.75, 3.05) is 0 Å². The fraction of sp³-hybridized carbons (Fsp3) is 0.385. The summed E-state index contributed by atoms with van der Waals surface area (Å²) in [5.74, 6) is 0. The molecule has 0 saturated heterocycles. The van der Waals surface area contributed by atoms with Gasteiger partial charge >= 0.3 is 0 Å². The highest BCUT2D eigenvalue weighted by atomic mass is 19.3. The van der Waals surface area contributed by atoms with E-state index in [1.54, 1.807) is 0 Å². The maximum atomic E-state index is 12.4. The van der Waals surface area contributed by atoms with Gasteiger partial charge in [-0.3, -0.25) is 0 Å². The average molecular weight is 208 g/mol. The molecular formula is C13H14F2. The summed E-state index contributed by atoms with van der Waals surface area (Å²) in [5.41, 5.74) is 1.50.